The average molecular weight is 463 g/mol. The maximum Gasteiger partial charge on any atom is 0.337 e. The van der Waals surface area contributed by atoms with Gasteiger partial charge in [-0.25, -0.2) is 4.79 Å². The van der Waals surface area contributed by atoms with Crippen LogP contribution in [0.4, 0.5) is 5.69 Å². The van der Waals surface area contributed by atoms with Gasteiger partial charge in [0.2, 0.25) is 0 Å². The summed E-state index contributed by atoms with van der Waals surface area (Å²) in [4.78, 5) is 18.7. The maximum atomic E-state index is 12.5. The fourth-order valence-corrected chi connectivity index (χ4v) is 5.63. The molecule has 0 aromatic heterocycles. The van der Waals surface area contributed by atoms with E-state index in [1.54, 1.807) is 30.5 Å². The third-order valence-corrected chi connectivity index (χ3v) is 7.50. The first-order valence-electron chi connectivity index (χ1n) is 10.6. The molecule has 3 aliphatic rings. The standard InChI is InChI=1S/C25H22N2O5S/c1-17-7-9-18(10-8-17)33(30,31)32-16-4-15-27-21-6-3-2-5-20(21)25-13-14-26-22(25)12-11-19(23(25)27)24(28)29/h2-3,5-14H,4,15-16H2,1H3,(H,28,29). The lowest BCUT2D eigenvalue weighted by Gasteiger charge is -2.32. The molecule has 0 amide bonds. The summed E-state index contributed by atoms with van der Waals surface area (Å²) in [5.74, 6) is -1.02. The van der Waals surface area contributed by atoms with Crippen LogP contribution in [0.1, 0.15) is 17.5 Å². The van der Waals surface area contributed by atoms with Gasteiger partial charge in [0.25, 0.3) is 10.1 Å². The van der Waals surface area contributed by atoms with Gasteiger partial charge in [-0.1, -0.05) is 35.9 Å². The minimum Gasteiger partial charge on any atom is -0.478 e. The van der Waals surface area contributed by atoms with Crippen molar-refractivity contribution in [2.24, 2.45) is 4.99 Å². The summed E-state index contributed by atoms with van der Waals surface area (Å²) in [6.07, 6.45) is 7.36. The van der Waals surface area contributed by atoms with E-state index in [9.17, 15) is 18.3 Å². The van der Waals surface area contributed by atoms with E-state index >= 15 is 0 Å². The predicted octanol–water partition coefficient (Wildman–Crippen LogP) is 3.73. The van der Waals surface area contributed by atoms with E-state index < -0.39 is 21.5 Å². The fourth-order valence-electron chi connectivity index (χ4n) is 4.69. The average Bonchev–Trinajstić information content (AvgIpc) is 3.35. The number of benzene rings is 2. The van der Waals surface area contributed by atoms with Gasteiger partial charge in [0.1, 0.15) is 5.41 Å². The SMILES string of the molecule is Cc1ccc(S(=O)(=O)OCCCN2C3=C(C(=O)O)C=CC4=NC=CC43c3ccccc32)cc1. The summed E-state index contributed by atoms with van der Waals surface area (Å²) in [7, 11) is -3.86. The normalized spacial score (nSPS) is 20.5. The number of aliphatic carboxylic acids is 1. The number of rotatable bonds is 7. The maximum absolute atomic E-state index is 12.5. The van der Waals surface area contributed by atoms with Gasteiger partial charge in [-0.3, -0.25) is 9.18 Å². The largest absolute Gasteiger partial charge is 0.478 e. The van der Waals surface area contributed by atoms with E-state index in [4.69, 9.17) is 4.18 Å². The molecular formula is C25H22N2O5S. The molecule has 8 heteroatoms. The van der Waals surface area contributed by atoms with Gasteiger partial charge >= 0.3 is 5.97 Å². The molecule has 2 aliphatic heterocycles. The molecule has 0 saturated carbocycles. The van der Waals surface area contributed by atoms with Gasteiger partial charge in [0, 0.05) is 18.4 Å². The smallest absolute Gasteiger partial charge is 0.337 e. The second-order valence-corrected chi connectivity index (χ2v) is 9.77. The van der Waals surface area contributed by atoms with Crippen molar-refractivity contribution in [3.05, 3.63) is 95.4 Å². The third-order valence-electron chi connectivity index (χ3n) is 6.17. The van der Waals surface area contributed by atoms with Gasteiger partial charge < -0.3 is 10.0 Å². The lowest BCUT2D eigenvalue weighted by molar-refractivity contribution is -0.132. The van der Waals surface area contributed by atoms with Crippen molar-refractivity contribution in [2.75, 3.05) is 18.1 Å². The molecule has 0 saturated heterocycles. The molecule has 2 aromatic rings. The Morgan fingerprint density at radius 3 is 2.64 bits per heavy atom. The first-order valence-corrected chi connectivity index (χ1v) is 12.0. The van der Waals surface area contributed by atoms with Gasteiger partial charge in [-0.15, -0.1) is 0 Å². The molecule has 1 unspecified atom stereocenters. The molecule has 2 aromatic carbocycles. The zero-order valence-corrected chi connectivity index (χ0v) is 18.7. The molecule has 1 aliphatic carbocycles. The van der Waals surface area contributed by atoms with E-state index in [1.165, 1.54) is 12.1 Å². The Hall–Kier alpha value is -3.49. The molecular weight excluding hydrogens is 440 g/mol. The van der Waals surface area contributed by atoms with Crippen LogP contribution in [0, 0.1) is 6.92 Å². The highest BCUT2D eigenvalue weighted by Gasteiger charge is 2.53. The summed E-state index contributed by atoms with van der Waals surface area (Å²) in [5, 5.41) is 9.92. The van der Waals surface area contributed by atoms with E-state index in [0.29, 0.717) is 18.7 Å². The number of para-hydroxylation sites is 1. The summed E-state index contributed by atoms with van der Waals surface area (Å²) >= 11 is 0. The quantitative estimate of drug-likeness (QED) is 0.498. The Morgan fingerprint density at radius 1 is 1.12 bits per heavy atom. The predicted molar refractivity (Wildman–Crippen MR) is 125 cm³/mol. The fraction of sp³-hybridized carbons (Fsp3) is 0.200. The molecule has 7 nitrogen and oxygen atoms in total. The van der Waals surface area contributed by atoms with Crippen molar-refractivity contribution in [1.82, 2.24) is 0 Å². The van der Waals surface area contributed by atoms with Crippen LogP contribution in [0.25, 0.3) is 0 Å². The Balaban J connectivity index is 1.42. The number of aliphatic imine (C=N–C) groups is 1. The highest BCUT2D eigenvalue weighted by atomic mass is 32.2. The molecule has 33 heavy (non-hydrogen) atoms. The van der Waals surface area contributed by atoms with Crippen LogP contribution in [-0.4, -0.2) is 38.4 Å². The first kappa shape index (κ1) is 21.4. The van der Waals surface area contributed by atoms with Crippen molar-refractivity contribution < 1.29 is 22.5 Å². The lowest BCUT2D eigenvalue weighted by atomic mass is 9.72. The van der Waals surface area contributed by atoms with Crippen molar-refractivity contribution in [3.8, 4) is 0 Å². The van der Waals surface area contributed by atoms with Gasteiger partial charge in [-0.2, -0.15) is 8.42 Å². The van der Waals surface area contributed by atoms with Crippen molar-refractivity contribution in [3.63, 3.8) is 0 Å². The van der Waals surface area contributed by atoms with Crippen LogP contribution < -0.4 is 4.90 Å². The molecule has 0 fully saturated rings. The zero-order valence-electron chi connectivity index (χ0n) is 17.9. The van der Waals surface area contributed by atoms with Gasteiger partial charge in [-0.05, 0) is 55.3 Å². The number of carboxylic acids is 1. The molecule has 2 heterocycles. The van der Waals surface area contributed by atoms with Gasteiger partial charge in [0.15, 0.2) is 0 Å². The van der Waals surface area contributed by atoms with Crippen molar-refractivity contribution >= 4 is 27.5 Å². The number of carboxylic acid groups (broad SMARTS) is 1. The van der Waals surface area contributed by atoms with E-state index in [1.807, 2.05) is 42.2 Å². The number of nitrogens with zero attached hydrogens (tertiary/aromatic N) is 2. The number of aryl methyl sites for hydroxylation is 1. The Morgan fingerprint density at radius 2 is 1.88 bits per heavy atom. The second kappa shape index (κ2) is 7.83. The minimum atomic E-state index is -3.86. The number of fused-ring (bicyclic) bond motifs is 1. The summed E-state index contributed by atoms with van der Waals surface area (Å²) in [5.41, 5.74) is 3.67. The molecule has 1 atom stereocenters. The molecule has 168 valence electrons. The van der Waals surface area contributed by atoms with Crippen LogP contribution in [0.3, 0.4) is 0 Å². The summed E-state index contributed by atoms with van der Waals surface area (Å²) < 4.78 is 30.3. The first-order chi connectivity index (χ1) is 15.8. The molecule has 1 N–H and O–H groups in total. The van der Waals surface area contributed by atoms with Gasteiger partial charge in [0.05, 0.1) is 28.5 Å². The van der Waals surface area contributed by atoms with Crippen LogP contribution in [0.5, 0.6) is 0 Å². The molecule has 0 bridgehead atoms. The lowest BCUT2D eigenvalue weighted by Crippen LogP contribution is -2.39. The zero-order chi connectivity index (χ0) is 23.2. The Kier molecular flexibility index (Phi) is 5.07. The number of anilines is 1. The number of hydrogen-bond acceptors (Lipinski definition) is 6. The number of carbonyl (C=O) groups is 1. The molecule has 1 spiro atoms. The van der Waals surface area contributed by atoms with Crippen molar-refractivity contribution in [2.45, 2.75) is 23.7 Å². The van der Waals surface area contributed by atoms with Crippen LogP contribution in [0.2, 0.25) is 0 Å². The minimum absolute atomic E-state index is 0.0236. The highest BCUT2D eigenvalue weighted by Crippen LogP contribution is 2.54. The van der Waals surface area contributed by atoms with Crippen LogP contribution in [-0.2, 0) is 24.5 Å². The van der Waals surface area contributed by atoms with Crippen LogP contribution >= 0.6 is 0 Å². The highest BCUT2D eigenvalue weighted by molar-refractivity contribution is 7.86. The Labute approximate surface area is 192 Å². The topological polar surface area (TPSA) is 96.3 Å². The number of hydrogen-bond donors (Lipinski definition) is 1. The van der Waals surface area contributed by atoms with E-state index in [2.05, 4.69) is 4.99 Å². The second-order valence-electron chi connectivity index (χ2n) is 8.15. The summed E-state index contributed by atoms with van der Waals surface area (Å²) in [6.45, 7) is 2.25. The molecule has 0 radical (unpaired) electrons. The molecule has 5 rings (SSSR count). The monoisotopic (exact) mass is 462 g/mol. The van der Waals surface area contributed by atoms with Crippen molar-refractivity contribution in [1.29, 1.82) is 0 Å². The Bertz CT molecular complexity index is 1370. The number of allylic oxidation sites excluding steroid dienone is 2. The van der Waals surface area contributed by atoms with E-state index in [0.717, 1.165) is 22.5 Å². The summed E-state index contributed by atoms with van der Waals surface area (Å²) in [6, 6.07) is 14.3. The third kappa shape index (κ3) is 3.34. The van der Waals surface area contributed by atoms with E-state index in [-0.39, 0.29) is 17.1 Å². The van der Waals surface area contributed by atoms with Crippen LogP contribution in [0.15, 0.2) is 94.1 Å².